The first-order chi connectivity index (χ1) is 10.4. The summed E-state index contributed by atoms with van der Waals surface area (Å²) >= 11 is 1.52. The van der Waals surface area contributed by atoms with Crippen molar-refractivity contribution in [2.24, 2.45) is 11.8 Å². The number of likely N-dealkylation sites (tertiary alicyclic amines) is 1. The zero-order valence-electron chi connectivity index (χ0n) is 12.4. The Morgan fingerprint density at radius 3 is 3.05 bits per heavy atom. The summed E-state index contributed by atoms with van der Waals surface area (Å²) < 4.78 is 30.7. The van der Waals surface area contributed by atoms with Gasteiger partial charge in [0, 0.05) is 30.9 Å². The van der Waals surface area contributed by atoms with Gasteiger partial charge in [-0.3, -0.25) is 4.79 Å². The third-order valence-electron chi connectivity index (χ3n) is 4.40. The largest absolute Gasteiger partial charge is 0.376 e. The molecule has 0 aromatic carbocycles. The lowest BCUT2D eigenvalue weighted by atomic mass is 9.84. The van der Waals surface area contributed by atoms with Crippen LogP contribution in [0.5, 0.6) is 0 Å². The quantitative estimate of drug-likeness (QED) is 0.876. The summed E-state index contributed by atoms with van der Waals surface area (Å²) in [4.78, 5) is 14.3. The molecule has 0 unspecified atom stereocenters. The maximum Gasteiger partial charge on any atom is 0.254 e. The van der Waals surface area contributed by atoms with Gasteiger partial charge in [0.1, 0.15) is 0 Å². The topological polar surface area (TPSA) is 75.7 Å². The van der Waals surface area contributed by atoms with Crippen LogP contribution in [0.25, 0.3) is 0 Å². The molecule has 0 radical (unpaired) electrons. The lowest BCUT2D eigenvalue weighted by Crippen LogP contribution is -2.46. The highest BCUT2D eigenvalue weighted by Crippen LogP contribution is 2.34. The molecule has 3 atom stereocenters. The molecule has 2 aliphatic heterocycles. The number of thiophene rings is 1. The summed E-state index contributed by atoms with van der Waals surface area (Å²) in [5, 5.41) is 3.78. The van der Waals surface area contributed by atoms with E-state index in [0.717, 1.165) is 18.2 Å². The Morgan fingerprint density at radius 2 is 2.36 bits per heavy atom. The smallest absolute Gasteiger partial charge is 0.254 e. The van der Waals surface area contributed by atoms with Crippen molar-refractivity contribution in [3.05, 3.63) is 22.4 Å². The fraction of sp³-hybridized carbons (Fsp3) is 0.643. The van der Waals surface area contributed by atoms with Crippen LogP contribution in [0.1, 0.15) is 16.8 Å². The van der Waals surface area contributed by atoms with Crippen LogP contribution in [0.2, 0.25) is 0 Å². The van der Waals surface area contributed by atoms with Gasteiger partial charge in [0.15, 0.2) is 0 Å². The Bertz CT molecular complexity index is 629. The summed E-state index contributed by atoms with van der Waals surface area (Å²) in [7, 11) is -3.20. The van der Waals surface area contributed by atoms with Crippen LogP contribution in [0, 0.1) is 11.8 Å². The lowest BCUT2D eigenvalue weighted by molar-refractivity contribution is 0.0617. The summed E-state index contributed by atoms with van der Waals surface area (Å²) in [6, 6.07) is 1.85. The molecule has 1 aromatic rings. The van der Waals surface area contributed by atoms with Crippen molar-refractivity contribution < 1.29 is 17.9 Å². The van der Waals surface area contributed by atoms with Crippen LogP contribution in [0.3, 0.4) is 0 Å². The maximum absolute atomic E-state index is 12.4. The van der Waals surface area contributed by atoms with E-state index in [2.05, 4.69) is 4.72 Å². The van der Waals surface area contributed by atoms with E-state index in [1.54, 1.807) is 0 Å². The molecule has 2 fully saturated rings. The predicted molar refractivity (Wildman–Crippen MR) is 84.4 cm³/mol. The number of amides is 1. The van der Waals surface area contributed by atoms with Crippen molar-refractivity contribution in [2.75, 3.05) is 32.5 Å². The molecule has 1 amide bonds. The lowest BCUT2D eigenvalue weighted by Gasteiger charge is -2.35. The van der Waals surface area contributed by atoms with Crippen LogP contribution >= 0.6 is 11.3 Å². The fourth-order valence-corrected chi connectivity index (χ4v) is 4.38. The highest BCUT2D eigenvalue weighted by atomic mass is 32.2. The van der Waals surface area contributed by atoms with Crippen LogP contribution in [0.15, 0.2) is 16.8 Å². The number of fused-ring (bicyclic) bond motifs is 1. The molecule has 6 nitrogen and oxygen atoms in total. The molecule has 122 valence electrons. The molecule has 3 heterocycles. The van der Waals surface area contributed by atoms with Crippen molar-refractivity contribution in [2.45, 2.75) is 12.5 Å². The zero-order valence-corrected chi connectivity index (χ0v) is 14.0. The number of hydrogen-bond donors (Lipinski definition) is 1. The van der Waals surface area contributed by atoms with E-state index in [0.29, 0.717) is 38.1 Å². The van der Waals surface area contributed by atoms with Gasteiger partial charge in [0.2, 0.25) is 10.0 Å². The number of ether oxygens (including phenoxy) is 1. The van der Waals surface area contributed by atoms with Gasteiger partial charge < -0.3 is 9.64 Å². The Balaban J connectivity index is 1.58. The fourth-order valence-electron chi connectivity index (χ4n) is 3.28. The second-order valence-corrected chi connectivity index (χ2v) is 8.58. The van der Waals surface area contributed by atoms with E-state index in [1.807, 2.05) is 21.7 Å². The van der Waals surface area contributed by atoms with E-state index >= 15 is 0 Å². The number of nitrogens with zero attached hydrogens (tertiary/aromatic N) is 1. The first-order valence-corrected chi connectivity index (χ1v) is 10.1. The Hall–Kier alpha value is -0.960. The number of nitrogens with one attached hydrogen (secondary N) is 1. The Kier molecular flexibility index (Phi) is 4.54. The molecule has 0 saturated carbocycles. The van der Waals surface area contributed by atoms with Gasteiger partial charge in [-0.1, -0.05) is 0 Å². The van der Waals surface area contributed by atoms with Crippen LogP contribution in [0.4, 0.5) is 0 Å². The van der Waals surface area contributed by atoms with Gasteiger partial charge >= 0.3 is 0 Å². The summed E-state index contributed by atoms with van der Waals surface area (Å²) in [5.74, 6) is 0.695. The number of piperidine rings is 1. The van der Waals surface area contributed by atoms with Gasteiger partial charge in [-0.15, -0.1) is 0 Å². The van der Waals surface area contributed by atoms with Crippen LogP contribution in [-0.4, -0.2) is 57.8 Å². The van der Waals surface area contributed by atoms with E-state index in [1.165, 1.54) is 11.3 Å². The second kappa shape index (κ2) is 6.27. The van der Waals surface area contributed by atoms with E-state index < -0.39 is 10.0 Å². The van der Waals surface area contributed by atoms with Gasteiger partial charge in [0.05, 0.1) is 24.5 Å². The molecule has 2 saturated heterocycles. The third-order valence-corrected chi connectivity index (χ3v) is 5.77. The van der Waals surface area contributed by atoms with E-state index in [9.17, 15) is 13.2 Å². The van der Waals surface area contributed by atoms with E-state index in [4.69, 9.17) is 4.74 Å². The number of rotatable bonds is 4. The molecule has 2 aliphatic rings. The Labute approximate surface area is 134 Å². The normalized spacial score (nSPS) is 28.6. The highest BCUT2D eigenvalue weighted by Gasteiger charge is 2.41. The first kappa shape index (κ1) is 15.9. The molecule has 1 aromatic heterocycles. The van der Waals surface area contributed by atoms with Crippen LogP contribution < -0.4 is 4.72 Å². The van der Waals surface area contributed by atoms with Gasteiger partial charge in [-0.05, 0) is 23.8 Å². The SMILES string of the molecule is CS(=O)(=O)NC[C@@H]1OC[C@H]2CN(C(=O)c3ccsc3)CC[C@H]21. The van der Waals surface area contributed by atoms with Crippen molar-refractivity contribution in [1.82, 2.24) is 9.62 Å². The maximum atomic E-state index is 12.4. The van der Waals surface area contributed by atoms with Gasteiger partial charge in [-0.25, -0.2) is 13.1 Å². The van der Waals surface area contributed by atoms with Crippen molar-refractivity contribution in [1.29, 1.82) is 0 Å². The molecule has 3 rings (SSSR count). The number of carbonyl (C=O) groups excluding carboxylic acids is 1. The number of sulfonamides is 1. The molecule has 0 bridgehead atoms. The second-order valence-electron chi connectivity index (χ2n) is 5.97. The summed E-state index contributed by atoms with van der Waals surface area (Å²) in [6.45, 7) is 2.30. The minimum absolute atomic E-state index is 0.0809. The number of carbonyl (C=O) groups is 1. The molecule has 0 spiro atoms. The minimum atomic E-state index is -3.20. The van der Waals surface area contributed by atoms with Crippen molar-refractivity contribution in [3.63, 3.8) is 0 Å². The van der Waals surface area contributed by atoms with Gasteiger partial charge in [0.25, 0.3) is 5.91 Å². The Morgan fingerprint density at radius 1 is 1.55 bits per heavy atom. The first-order valence-electron chi connectivity index (χ1n) is 7.32. The summed E-state index contributed by atoms with van der Waals surface area (Å²) in [6.07, 6.45) is 1.93. The molecular formula is C14H20N2O4S2. The molecular weight excluding hydrogens is 324 g/mol. The van der Waals surface area contributed by atoms with Gasteiger partial charge in [-0.2, -0.15) is 11.3 Å². The molecule has 8 heteroatoms. The monoisotopic (exact) mass is 344 g/mol. The third kappa shape index (κ3) is 3.51. The molecule has 0 aliphatic carbocycles. The molecule has 22 heavy (non-hydrogen) atoms. The average molecular weight is 344 g/mol. The highest BCUT2D eigenvalue weighted by molar-refractivity contribution is 7.88. The number of hydrogen-bond acceptors (Lipinski definition) is 5. The molecule has 1 N–H and O–H groups in total. The van der Waals surface area contributed by atoms with Crippen molar-refractivity contribution >= 4 is 27.3 Å². The predicted octanol–water partition coefficient (Wildman–Crippen LogP) is 0.774. The van der Waals surface area contributed by atoms with E-state index in [-0.39, 0.29) is 12.0 Å². The van der Waals surface area contributed by atoms with Crippen molar-refractivity contribution in [3.8, 4) is 0 Å². The van der Waals surface area contributed by atoms with Crippen LogP contribution in [-0.2, 0) is 14.8 Å². The minimum Gasteiger partial charge on any atom is -0.376 e. The standard InChI is InChI=1S/C14H20N2O4S2/c1-22(18,19)15-6-13-12-2-4-16(7-11(12)8-20-13)14(17)10-3-5-21-9-10/h3,5,9,11-13,15H,2,4,6-8H2,1H3/t11-,12-,13+/m1/s1. The average Bonchev–Trinajstić information content (AvgIpc) is 3.12. The zero-order chi connectivity index (χ0) is 15.7. The summed E-state index contributed by atoms with van der Waals surface area (Å²) in [5.41, 5.74) is 0.748.